The Labute approximate surface area is 331 Å². The fourth-order valence-corrected chi connectivity index (χ4v) is 20.3. The molecule has 2 nitrogen and oxygen atoms in total. The Bertz CT molecular complexity index is 1220. The smallest absolute Gasteiger partial charge is 0.0766 e. The van der Waals surface area contributed by atoms with Gasteiger partial charge in [-0.25, -0.2) is 0 Å². The van der Waals surface area contributed by atoms with E-state index in [0.29, 0.717) is 12.2 Å². The second-order valence-electron chi connectivity index (χ2n) is 22.5. The van der Waals surface area contributed by atoms with E-state index < -0.39 is 0 Å². The van der Waals surface area contributed by atoms with E-state index in [0.717, 1.165) is 99.6 Å². The van der Waals surface area contributed by atoms with E-state index in [9.17, 15) is 0 Å². The summed E-state index contributed by atoms with van der Waals surface area (Å²) in [7, 11) is 0. The summed E-state index contributed by atoms with van der Waals surface area (Å²) in [6, 6.07) is 2.43. The molecule has 14 unspecified atom stereocenters. The largest absolute Gasteiger partial charge is 0.372 e. The van der Waals surface area contributed by atoms with Crippen LogP contribution in [-0.4, -0.2) is 45.7 Å². The van der Waals surface area contributed by atoms with Crippen LogP contribution in [0.3, 0.4) is 0 Å². The lowest BCUT2D eigenvalue weighted by molar-refractivity contribution is -0.0992. The van der Waals surface area contributed by atoms with Gasteiger partial charge in [-0.2, -0.15) is 11.8 Å². The molecule has 0 aromatic rings. The van der Waals surface area contributed by atoms with Gasteiger partial charge in [-0.1, -0.05) is 70.6 Å². The molecule has 298 valence electrons. The Morgan fingerprint density at radius 1 is 0.340 bits per heavy atom. The molecule has 9 saturated carbocycles. The molecule has 14 atom stereocenters. The summed E-state index contributed by atoms with van der Waals surface area (Å²) in [4.78, 5) is 3.36. The second-order valence-corrected chi connectivity index (χ2v) is 24.0. The highest BCUT2D eigenvalue weighted by atomic mass is 32.2. The van der Waals surface area contributed by atoms with Crippen LogP contribution in [0.25, 0.3) is 0 Å². The van der Waals surface area contributed by atoms with Gasteiger partial charge in [0.25, 0.3) is 0 Å². The summed E-state index contributed by atoms with van der Waals surface area (Å²) in [6.45, 7) is 0. The molecule has 11 rings (SSSR count). The van der Waals surface area contributed by atoms with Gasteiger partial charge in [-0.05, 0) is 194 Å². The first-order valence-corrected chi connectivity index (χ1v) is 26.3. The van der Waals surface area contributed by atoms with Crippen molar-refractivity contribution in [2.45, 2.75) is 240 Å². The first-order chi connectivity index (χ1) is 26.3. The van der Waals surface area contributed by atoms with Crippen LogP contribution in [0.4, 0.5) is 0 Å². The quantitative estimate of drug-likeness (QED) is 0.278. The van der Waals surface area contributed by atoms with Crippen LogP contribution >= 0.6 is 11.8 Å². The monoisotopic (exact) mass is 744 g/mol. The van der Waals surface area contributed by atoms with Crippen molar-refractivity contribution < 1.29 is 4.74 Å². The Morgan fingerprint density at radius 3 is 1.66 bits per heavy atom. The number of hydrogen-bond donors (Lipinski definition) is 0. The maximum absolute atomic E-state index is 7.78. The van der Waals surface area contributed by atoms with Gasteiger partial charge < -0.3 is 4.74 Å². The van der Waals surface area contributed by atoms with Gasteiger partial charge in [-0.15, -0.1) is 0 Å². The molecule has 11 fully saturated rings. The zero-order valence-electron chi connectivity index (χ0n) is 34.2. The van der Waals surface area contributed by atoms with Crippen LogP contribution in [0.2, 0.25) is 0 Å². The van der Waals surface area contributed by atoms with Gasteiger partial charge in [0.1, 0.15) is 0 Å². The van der Waals surface area contributed by atoms with Crippen molar-refractivity contribution in [2.24, 2.45) is 71.0 Å². The lowest BCUT2D eigenvalue weighted by atomic mass is 9.55. The van der Waals surface area contributed by atoms with E-state index in [1.54, 1.807) is 96.3 Å². The zero-order valence-corrected chi connectivity index (χ0v) is 35.0. The van der Waals surface area contributed by atoms with Crippen molar-refractivity contribution in [2.75, 3.05) is 0 Å². The van der Waals surface area contributed by atoms with E-state index in [-0.39, 0.29) is 0 Å². The third kappa shape index (κ3) is 6.81. The molecule has 0 amide bonds. The summed E-state index contributed by atoms with van der Waals surface area (Å²) < 4.78 is 7.78. The van der Waals surface area contributed by atoms with Gasteiger partial charge in [0.05, 0.1) is 12.2 Å². The SMILES string of the molecule is C1CCC(C2CCC(N(C3CCC(C4CCC5CCC6CCCCC6C5C4)CC3)C3CCCC4C5CCC6SC7CCCCC7C6C5OC43)CC2)CC1. The van der Waals surface area contributed by atoms with Gasteiger partial charge in [0, 0.05) is 34.5 Å². The Hall–Kier alpha value is 0.270. The molecule has 3 heteroatoms. The molecule has 0 aromatic carbocycles. The van der Waals surface area contributed by atoms with Crippen LogP contribution in [0, 0.1) is 71.0 Å². The third-order valence-corrected chi connectivity index (χ3v) is 22.4. The Morgan fingerprint density at radius 2 is 0.887 bits per heavy atom. The molecule has 2 aliphatic heterocycles. The predicted molar refractivity (Wildman–Crippen MR) is 222 cm³/mol. The van der Waals surface area contributed by atoms with E-state index in [1.165, 1.54) is 103 Å². The number of nitrogens with zero attached hydrogens (tertiary/aromatic N) is 1. The minimum atomic E-state index is 0.559. The molecule has 0 bridgehead atoms. The van der Waals surface area contributed by atoms with Crippen LogP contribution in [0.5, 0.6) is 0 Å². The van der Waals surface area contributed by atoms with Crippen LogP contribution in [0.15, 0.2) is 0 Å². The minimum Gasteiger partial charge on any atom is -0.372 e. The summed E-state index contributed by atoms with van der Waals surface area (Å²) >= 11 is 2.46. The lowest BCUT2D eigenvalue weighted by Crippen LogP contribution is -2.58. The molecule has 9 aliphatic carbocycles. The highest BCUT2D eigenvalue weighted by molar-refractivity contribution is 8.00. The fraction of sp³-hybridized carbons (Fsp3) is 1.00. The summed E-state index contributed by atoms with van der Waals surface area (Å²) in [5.41, 5.74) is 0. The molecule has 0 aromatic heterocycles. The standard InChI is InChI=1S/C50H81NOS/c1-2-9-32(10-3-1)33-21-25-38(26-22-33)51(39-27-23-34(24-28-39)37-20-19-36-18-17-35-11-4-5-12-40(35)44(36)31-37)45-15-8-14-41-42-29-30-47-48(50(42)52-49(41)45)43-13-6-7-16-46(43)53-47/h32-50H,1-31H2. The second kappa shape index (κ2) is 15.8. The van der Waals surface area contributed by atoms with Crippen molar-refractivity contribution in [3.63, 3.8) is 0 Å². The molecular formula is C50H81NOS. The molecule has 11 aliphatic rings. The van der Waals surface area contributed by atoms with Crippen molar-refractivity contribution in [3.05, 3.63) is 0 Å². The van der Waals surface area contributed by atoms with E-state index in [4.69, 9.17) is 4.74 Å². The number of thioether (sulfide) groups is 1. The predicted octanol–water partition coefficient (Wildman–Crippen LogP) is 13.3. The number of ether oxygens (including phenoxy) is 1. The van der Waals surface area contributed by atoms with Gasteiger partial charge in [0.2, 0.25) is 0 Å². The molecule has 53 heavy (non-hydrogen) atoms. The maximum Gasteiger partial charge on any atom is 0.0766 e. The van der Waals surface area contributed by atoms with E-state index in [2.05, 4.69) is 16.7 Å². The third-order valence-electron chi connectivity index (χ3n) is 20.5. The average molecular weight is 744 g/mol. The van der Waals surface area contributed by atoms with Gasteiger partial charge in [0.15, 0.2) is 0 Å². The average Bonchev–Trinajstić information content (AvgIpc) is 3.81. The molecule has 0 spiro atoms. The Balaban J connectivity index is 0.808. The fourth-order valence-electron chi connectivity index (χ4n) is 18.2. The van der Waals surface area contributed by atoms with E-state index >= 15 is 0 Å². The Kier molecular flexibility index (Phi) is 10.8. The molecule has 2 heterocycles. The summed E-state index contributed by atoms with van der Waals surface area (Å²) in [5, 5.41) is 1.90. The van der Waals surface area contributed by atoms with Gasteiger partial charge in [-0.3, -0.25) is 4.90 Å². The summed E-state index contributed by atoms with van der Waals surface area (Å²) in [5.74, 6) is 12.3. The highest BCUT2D eigenvalue weighted by Gasteiger charge is 2.60. The van der Waals surface area contributed by atoms with Crippen LogP contribution in [-0.2, 0) is 4.74 Å². The molecule has 0 N–H and O–H groups in total. The first-order valence-electron chi connectivity index (χ1n) is 25.3. The molecule has 2 saturated heterocycles. The van der Waals surface area contributed by atoms with Crippen LogP contribution < -0.4 is 0 Å². The van der Waals surface area contributed by atoms with Gasteiger partial charge >= 0.3 is 0 Å². The topological polar surface area (TPSA) is 12.5 Å². The number of fused-ring (bicyclic) bond motifs is 10. The zero-order chi connectivity index (χ0) is 34.9. The van der Waals surface area contributed by atoms with Crippen molar-refractivity contribution in [1.29, 1.82) is 0 Å². The lowest BCUT2D eigenvalue weighted by Gasteiger charge is -2.53. The van der Waals surface area contributed by atoms with Crippen LogP contribution in [0.1, 0.15) is 199 Å². The summed E-state index contributed by atoms with van der Waals surface area (Å²) in [6.07, 6.45) is 48.9. The van der Waals surface area contributed by atoms with Crippen molar-refractivity contribution >= 4 is 11.8 Å². The molecular weight excluding hydrogens is 663 g/mol. The van der Waals surface area contributed by atoms with Crippen molar-refractivity contribution in [1.82, 2.24) is 4.90 Å². The first kappa shape index (κ1) is 36.4. The minimum absolute atomic E-state index is 0.559. The normalized spacial score (nSPS) is 53.2. The number of hydrogen-bond acceptors (Lipinski definition) is 3. The van der Waals surface area contributed by atoms with Crippen molar-refractivity contribution in [3.8, 4) is 0 Å². The highest BCUT2D eigenvalue weighted by Crippen LogP contribution is 2.61. The number of rotatable bonds is 5. The molecule has 0 radical (unpaired) electrons. The van der Waals surface area contributed by atoms with E-state index in [1.807, 2.05) is 0 Å². The maximum atomic E-state index is 7.78.